The number of fused-ring (bicyclic) bond motifs is 1. The van der Waals surface area contributed by atoms with Crippen molar-refractivity contribution >= 4 is 11.0 Å². The smallest absolute Gasteiger partial charge is 0.263 e. The number of hydrogen-bond donors (Lipinski definition) is 0. The highest BCUT2D eigenvalue weighted by Gasteiger charge is 2.29. The van der Waals surface area contributed by atoms with Gasteiger partial charge in [-0.05, 0) is 49.1 Å². The topological polar surface area (TPSA) is 21.7 Å². The van der Waals surface area contributed by atoms with E-state index in [-0.39, 0.29) is 0 Å². The van der Waals surface area contributed by atoms with Gasteiger partial charge in [-0.3, -0.25) is 4.98 Å². The van der Waals surface area contributed by atoms with Crippen molar-refractivity contribution in [1.29, 1.82) is 0 Å². The van der Waals surface area contributed by atoms with E-state index < -0.39 is 0 Å². The van der Waals surface area contributed by atoms with Gasteiger partial charge < -0.3 is 0 Å². The monoisotopic (exact) mass is 356 g/mol. The molecule has 0 unspecified atom stereocenters. The molecule has 2 aromatic heterocycles. The van der Waals surface area contributed by atoms with Gasteiger partial charge in [0, 0.05) is 18.0 Å². The summed E-state index contributed by atoms with van der Waals surface area (Å²) in [5.41, 5.74) is 8.66. The Hall–Kier alpha value is -2.94. The maximum Gasteiger partial charge on any atom is 0.296 e. The Balaban J connectivity index is 2.17. The molecule has 3 nitrogen and oxygen atoms in total. The Morgan fingerprint density at radius 3 is 2.41 bits per heavy atom. The molecule has 3 heteroatoms. The number of para-hydroxylation sites is 3. The van der Waals surface area contributed by atoms with E-state index in [4.69, 9.17) is 0 Å². The number of hydrogen-bond acceptors (Lipinski definition) is 1. The molecule has 0 saturated heterocycles. The average molecular weight is 356 g/mol. The predicted octanol–water partition coefficient (Wildman–Crippen LogP) is 5.26. The number of benzene rings is 2. The summed E-state index contributed by atoms with van der Waals surface area (Å²) < 4.78 is 4.68. The lowest BCUT2D eigenvalue weighted by atomic mass is 10.0. The van der Waals surface area contributed by atoms with Crippen LogP contribution in [0.2, 0.25) is 0 Å². The number of rotatable bonds is 3. The number of aryl methyl sites for hydroxylation is 2. The number of aromatic nitrogens is 3. The maximum atomic E-state index is 4.50. The van der Waals surface area contributed by atoms with Crippen molar-refractivity contribution in [1.82, 2.24) is 9.55 Å². The van der Waals surface area contributed by atoms with Gasteiger partial charge in [-0.25, -0.2) is 4.57 Å². The fourth-order valence-corrected chi connectivity index (χ4v) is 3.89. The van der Waals surface area contributed by atoms with E-state index in [1.165, 1.54) is 39.0 Å². The molecule has 27 heavy (non-hydrogen) atoms. The first kappa shape index (κ1) is 17.5. The van der Waals surface area contributed by atoms with Crippen LogP contribution in [0, 0.1) is 13.8 Å². The quantitative estimate of drug-likeness (QED) is 0.459. The number of imidazole rings is 1. The molecule has 0 bridgehead atoms. The lowest BCUT2D eigenvalue weighted by Crippen LogP contribution is -2.30. The van der Waals surface area contributed by atoms with Crippen LogP contribution in [-0.2, 0) is 7.05 Å². The largest absolute Gasteiger partial charge is 0.296 e. The molecule has 0 atom stereocenters. The molecule has 4 rings (SSSR count). The first-order chi connectivity index (χ1) is 13.0. The van der Waals surface area contributed by atoms with Crippen molar-refractivity contribution in [2.45, 2.75) is 33.6 Å². The first-order valence-electron chi connectivity index (χ1n) is 9.51. The number of nitrogens with zero attached hydrogens (tertiary/aromatic N) is 3. The molecule has 4 aromatic rings. The van der Waals surface area contributed by atoms with Crippen LogP contribution in [0.1, 0.15) is 36.5 Å². The van der Waals surface area contributed by atoms with E-state index in [2.05, 4.69) is 97.4 Å². The van der Waals surface area contributed by atoms with Gasteiger partial charge in [0.25, 0.3) is 5.82 Å². The van der Waals surface area contributed by atoms with Crippen molar-refractivity contribution in [2.24, 2.45) is 7.05 Å². The summed E-state index contributed by atoms with van der Waals surface area (Å²) in [5.74, 6) is 1.61. The summed E-state index contributed by atoms with van der Waals surface area (Å²) in [6, 6.07) is 17.3. The third kappa shape index (κ3) is 2.74. The van der Waals surface area contributed by atoms with Crippen molar-refractivity contribution in [3.05, 3.63) is 77.6 Å². The second-order valence-electron chi connectivity index (χ2n) is 7.55. The van der Waals surface area contributed by atoms with Crippen molar-refractivity contribution in [3.63, 3.8) is 0 Å². The molecule has 0 aliphatic rings. The molecule has 2 aromatic carbocycles. The maximum absolute atomic E-state index is 4.50. The SMILES string of the molecule is Cc1cncc(-c2n(-c3ccccc3C(C)C)c3ccccc3[n+]2C)c1C. The number of pyridine rings is 1. The first-order valence-corrected chi connectivity index (χ1v) is 9.51. The summed E-state index contributed by atoms with van der Waals surface area (Å²) >= 11 is 0. The van der Waals surface area contributed by atoms with Gasteiger partial charge in [-0.2, -0.15) is 4.57 Å². The Kier molecular flexibility index (Phi) is 4.31. The van der Waals surface area contributed by atoms with Crippen LogP contribution in [-0.4, -0.2) is 9.55 Å². The van der Waals surface area contributed by atoms with Crippen LogP contribution >= 0.6 is 0 Å². The zero-order valence-electron chi connectivity index (χ0n) is 16.7. The van der Waals surface area contributed by atoms with Crippen molar-refractivity contribution in [3.8, 4) is 17.1 Å². The minimum atomic E-state index is 0.442. The van der Waals surface area contributed by atoms with Gasteiger partial charge >= 0.3 is 0 Å². The van der Waals surface area contributed by atoms with Gasteiger partial charge in [-0.1, -0.05) is 44.2 Å². The van der Waals surface area contributed by atoms with E-state index in [1.54, 1.807) is 0 Å². The molecule has 0 radical (unpaired) electrons. The Morgan fingerprint density at radius 2 is 1.63 bits per heavy atom. The minimum absolute atomic E-state index is 0.442. The van der Waals surface area contributed by atoms with E-state index in [0.717, 1.165) is 5.82 Å². The third-order valence-electron chi connectivity index (χ3n) is 5.52. The zero-order valence-corrected chi connectivity index (χ0v) is 16.7. The van der Waals surface area contributed by atoms with Crippen LogP contribution in [0.25, 0.3) is 28.1 Å². The molecule has 0 amide bonds. The summed E-state index contributed by atoms with van der Waals surface area (Å²) in [4.78, 5) is 4.50. The van der Waals surface area contributed by atoms with Crippen LogP contribution in [0.5, 0.6) is 0 Å². The summed E-state index contributed by atoms with van der Waals surface area (Å²) in [5, 5.41) is 0. The molecule has 2 heterocycles. The van der Waals surface area contributed by atoms with Gasteiger partial charge in [0.1, 0.15) is 5.69 Å². The Labute approximate surface area is 160 Å². The Morgan fingerprint density at radius 1 is 0.926 bits per heavy atom. The Bertz CT molecular complexity index is 1140. The van der Waals surface area contributed by atoms with Gasteiger partial charge in [0.15, 0.2) is 11.0 Å². The van der Waals surface area contributed by atoms with Crippen molar-refractivity contribution < 1.29 is 4.57 Å². The molecule has 0 aliphatic carbocycles. The second-order valence-corrected chi connectivity index (χ2v) is 7.55. The fourth-order valence-electron chi connectivity index (χ4n) is 3.89. The van der Waals surface area contributed by atoms with Crippen molar-refractivity contribution in [2.75, 3.05) is 0 Å². The molecule has 0 fully saturated rings. The van der Waals surface area contributed by atoms with E-state index in [1.807, 2.05) is 12.4 Å². The standard InChI is InChI=1S/C24H26N3/c1-16(2)19-10-6-7-11-21(19)27-23-13-9-8-12-22(23)26(5)24(27)20-15-25-14-17(3)18(20)4/h6-16H,1-5H3/q+1. The van der Waals surface area contributed by atoms with Crippen LogP contribution in [0.15, 0.2) is 60.9 Å². The highest BCUT2D eigenvalue weighted by molar-refractivity contribution is 5.80. The van der Waals surface area contributed by atoms with Gasteiger partial charge in [0.05, 0.1) is 12.6 Å². The van der Waals surface area contributed by atoms with Crippen LogP contribution in [0.4, 0.5) is 0 Å². The molecular weight excluding hydrogens is 330 g/mol. The van der Waals surface area contributed by atoms with Gasteiger partial charge in [0.2, 0.25) is 0 Å². The summed E-state index contributed by atoms with van der Waals surface area (Å²) in [6.07, 6.45) is 3.93. The molecule has 0 aliphatic heterocycles. The van der Waals surface area contributed by atoms with E-state index >= 15 is 0 Å². The average Bonchev–Trinajstić information content (AvgIpc) is 2.97. The van der Waals surface area contributed by atoms with Crippen LogP contribution < -0.4 is 4.57 Å². The summed E-state index contributed by atoms with van der Waals surface area (Å²) in [6.45, 7) is 8.82. The molecular formula is C24H26N3+. The van der Waals surface area contributed by atoms with Gasteiger partial charge in [-0.15, -0.1) is 0 Å². The highest BCUT2D eigenvalue weighted by atomic mass is 15.2. The molecule has 136 valence electrons. The zero-order chi connectivity index (χ0) is 19.1. The fraction of sp³-hybridized carbons (Fsp3) is 0.250. The second kappa shape index (κ2) is 6.66. The lowest BCUT2D eigenvalue weighted by molar-refractivity contribution is -0.633. The normalized spacial score (nSPS) is 11.5. The molecule has 0 saturated carbocycles. The van der Waals surface area contributed by atoms with E-state index in [9.17, 15) is 0 Å². The lowest BCUT2D eigenvalue weighted by Gasteiger charge is -2.13. The third-order valence-corrected chi connectivity index (χ3v) is 5.52. The minimum Gasteiger partial charge on any atom is -0.263 e. The summed E-state index contributed by atoms with van der Waals surface area (Å²) in [7, 11) is 2.15. The van der Waals surface area contributed by atoms with E-state index in [0.29, 0.717) is 5.92 Å². The predicted molar refractivity (Wildman–Crippen MR) is 111 cm³/mol. The molecule has 0 spiro atoms. The van der Waals surface area contributed by atoms with Crippen LogP contribution in [0.3, 0.4) is 0 Å². The highest BCUT2D eigenvalue weighted by Crippen LogP contribution is 2.32. The molecule has 0 N–H and O–H groups in total.